The third-order valence-corrected chi connectivity index (χ3v) is 4.98. The maximum absolute atomic E-state index is 11.6. The molecule has 0 aliphatic rings. The van der Waals surface area contributed by atoms with Gasteiger partial charge in [-0.05, 0) is 50.6 Å². The number of nitrogens with one attached hydrogen (secondary N) is 1. The fraction of sp³-hybridized carbons (Fsp3) is 0.333. The molecule has 0 saturated heterocycles. The van der Waals surface area contributed by atoms with E-state index in [0.717, 1.165) is 12.2 Å². The Morgan fingerprint density at radius 1 is 1.00 bits per heavy atom. The fourth-order valence-electron chi connectivity index (χ4n) is 2.32. The van der Waals surface area contributed by atoms with E-state index in [-0.39, 0.29) is 5.75 Å². The van der Waals surface area contributed by atoms with Gasteiger partial charge >= 0.3 is 0 Å². The molecular formula is C18H24N2O2S. The lowest BCUT2D eigenvalue weighted by atomic mass is 10.1. The maximum Gasteiger partial charge on any atom is 0.232 e. The molecular weight excluding hydrogens is 308 g/mol. The summed E-state index contributed by atoms with van der Waals surface area (Å²) in [6.07, 6.45) is 0. The van der Waals surface area contributed by atoms with Crippen LogP contribution in [0.25, 0.3) is 0 Å². The Labute approximate surface area is 139 Å². The predicted molar refractivity (Wildman–Crippen MR) is 97.3 cm³/mol. The van der Waals surface area contributed by atoms with Crippen molar-refractivity contribution in [3.8, 4) is 0 Å². The molecule has 4 nitrogen and oxygen atoms in total. The minimum absolute atomic E-state index is 0.0703. The summed E-state index contributed by atoms with van der Waals surface area (Å²) in [6.45, 7) is 6.74. The number of hydrogen-bond donors (Lipinski definition) is 1. The van der Waals surface area contributed by atoms with E-state index in [2.05, 4.69) is 35.6 Å². The lowest BCUT2D eigenvalue weighted by Gasteiger charge is -2.29. The molecule has 0 unspecified atom stereocenters. The van der Waals surface area contributed by atoms with Gasteiger partial charge in [0.1, 0.15) is 0 Å². The van der Waals surface area contributed by atoms with E-state index >= 15 is 0 Å². The molecule has 0 aliphatic heterocycles. The molecule has 0 radical (unpaired) electrons. The van der Waals surface area contributed by atoms with Crippen molar-refractivity contribution in [2.24, 2.45) is 0 Å². The number of hydrogen-bond acceptors (Lipinski definition) is 3. The normalized spacial score (nSPS) is 11.5. The van der Waals surface area contributed by atoms with E-state index in [1.165, 1.54) is 5.56 Å². The van der Waals surface area contributed by atoms with Gasteiger partial charge in [0, 0.05) is 24.0 Å². The van der Waals surface area contributed by atoms with Gasteiger partial charge in [0.25, 0.3) is 0 Å². The number of benzene rings is 2. The first-order valence-corrected chi connectivity index (χ1v) is 9.47. The van der Waals surface area contributed by atoms with Crippen molar-refractivity contribution in [1.29, 1.82) is 0 Å². The van der Waals surface area contributed by atoms with Crippen molar-refractivity contribution >= 4 is 21.4 Å². The molecule has 0 bridgehead atoms. The predicted octanol–water partition coefficient (Wildman–Crippen LogP) is 3.86. The van der Waals surface area contributed by atoms with Crippen LogP contribution < -0.4 is 9.62 Å². The number of rotatable bonds is 7. The van der Waals surface area contributed by atoms with Crippen LogP contribution in [0.1, 0.15) is 26.3 Å². The lowest BCUT2D eigenvalue weighted by Crippen LogP contribution is -2.30. The van der Waals surface area contributed by atoms with Crippen molar-refractivity contribution in [3.63, 3.8) is 0 Å². The van der Waals surface area contributed by atoms with Gasteiger partial charge in [0.2, 0.25) is 10.0 Å². The summed E-state index contributed by atoms with van der Waals surface area (Å²) in [4.78, 5) is 2.29. The van der Waals surface area contributed by atoms with Gasteiger partial charge in [-0.15, -0.1) is 0 Å². The molecule has 0 atom stereocenters. The standard InChI is InChI=1S/C18H24N2O2S/c1-4-23(21,22)19-17-10-12-18(13-11-17)20(15(2)3)14-16-8-6-5-7-9-16/h5-13,15,19H,4,14H2,1-3H3. The van der Waals surface area contributed by atoms with Gasteiger partial charge in [-0.25, -0.2) is 8.42 Å². The van der Waals surface area contributed by atoms with Gasteiger partial charge in [-0.1, -0.05) is 30.3 Å². The van der Waals surface area contributed by atoms with Crippen molar-refractivity contribution in [1.82, 2.24) is 0 Å². The molecule has 5 heteroatoms. The molecule has 0 spiro atoms. The average Bonchev–Trinajstić information content (AvgIpc) is 2.54. The molecule has 2 aromatic carbocycles. The van der Waals surface area contributed by atoms with Crippen molar-refractivity contribution in [2.45, 2.75) is 33.4 Å². The Balaban J connectivity index is 2.17. The second-order valence-corrected chi connectivity index (χ2v) is 7.77. The molecule has 23 heavy (non-hydrogen) atoms. The second-order valence-electron chi connectivity index (χ2n) is 5.76. The van der Waals surface area contributed by atoms with Crippen LogP contribution in [0.4, 0.5) is 11.4 Å². The largest absolute Gasteiger partial charge is 0.365 e. The average molecular weight is 332 g/mol. The monoisotopic (exact) mass is 332 g/mol. The first kappa shape index (κ1) is 17.3. The van der Waals surface area contributed by atoms with Crippen molar-refractivity contribution in [3.05, 3.63) is 60.2 Å². The Bertz CT molecular complexity index is 710. The van der Waals surface area contributed by atoms with Crippen LogP contribution in [-0.2, 0) is 16.6 Å². The van der Waals surface area contributed by atoms with Gasteiger partial charge in [-0.3, -0.25) is 4.72 Å². The molecule has 0 aromatic heterocycles. The van der Waals surface area contributed by atoms with Gasteiger partial charge in [-0.2, -0.15) is 0 Å². The highest BCUT2D eigenvalue weighted by molar-refractivity contribution is 7.92. The fourth-order valence-corrected chi connectivity index (χ4v) is 2.96. The number of sulfonamides is 1. The summed E-state index contributed by atoms with van der Waals surface area (Å²) in [5.41, 5.74) is 2.92. The summed E-state index contributed by atoms with van der Waals surface area (Å²) in [6, 6.07) is 18.2. The molecule has 0 fully saturated rings. The maximum atomic E-state index is 11.6. The zero-order chi connectivity index (χ0) is 16.9. The number of anilines is 2. The zero-order valence-corrected chi connectivity index (χ0v) is 14.7. The first-order chi connectivity index (χ1) is 10.9. The molecule has 2 rings (SSSR count). The molecule has 2 aromatic rings. The minimum atomic E-state index is -3.23. The van der Waals surface area contributed by atoms with E-state index in [1.54, 1.807) is 6.92 Å². The van der Waals surface area contributed by atoms with Gasteiger partial charge in [0.05, 0.1) is 5.75 Å². The summed E-state index contributed by atoms with van der Waals surface area (Å²) >= 11 is 0. The van der Waals surface area contributed by atoms with Crippen LogP contribution in [0, 0.1) is 0 Å². The first-order valence-electron chi connectivity index (χ1n) is 7.82. The van der Waals surface area contributed by atoms with E-state index in [0.29, 0.717) is 11.7 Å². The van der Waals surface area contributed by atoms with Crippen LogP contribution in [-0.4, -0.2) is 20.2 Å². The van der Waals surface area contributed by atoms with E-state index in [4.69, 9.17) is 0 Å². The van der Waals surface area contributed by atoms with E-state index < -0.39 is 10.0 Å². The summed E-state index contributed by atoms with van der Waals surface area (Å²) < 4.78 is 25.8. The van der Waals surface area contributed by atoms with Crippen LogP contribution in [0.5, 0.6) is 0 Å². The van der Waals surface area contributed by atoms with E-state index in [9.17, 15) is 8.42 Å². The smallest absolute Gasteiger partial charge is 0.232 e. The second kappa shape index (κ2) is 7.51. The van der Waals surface area contributed by atoms with Crippen LogP contribution in [0.2, 0.25) is 0 Å². The van der Waals surface area contributed by atoms with Crippen molar-refractivity contribution < 1.29 is 8.42 Å². The lowest BCUT2D eigenvalue weighted by molar-refractivity contribution is 0.602. The third-order valence-electron chi connectivity index (χ3n) is 3.67. The molecule has 124 valence electrons. The minimum Gasteiger partial charge on any atom is -0.365 e. The Hall–Kier alpha value is -2.01. The Kier molecular flexibility index (Phi) is 5.66. The molecule has 1 N–H and O–H groups in total. The molecule has 0 aliphatic carbocycles. The van der Waals surface area contributed by atoms with Gasteiger partial charge in [0.15, 0.2) is 0 Å². The third kappa shape index (κ3) is 4.99. The topological polar surface area (TPSA) is 49.4 Å². The SMILES string of the molecule is CCS(=O)(=O)Nc1ccc(N(Cc2ccccc2)C(C)C)cc1. The highest BCUT2D eigenvalue weighted by Crippen LogP contribution is 2.23. The number of nitrogens with zero attached hydrogens (tertiary/aromatic N) is 1. The highest BCUT2D eigenvalue weighted by Gasteiger charge is 2.12. The Morgan fingerprint density at radius 3 is 2.13 bits per heavy atom. The van der Waals surface area contributed by atoms with Crippen LogP contribution in [0.3, 0.4) is 0 Å². The highest BCUT2D eigenvalue weighted by atomic mass is 32.2. The summed E-state index contributed by atoms with van der Waals surface area (Å²) in [5.74, 6) is 0.0703. The van der Waals surface area contributed by atoms with E-state index in [1.807, 2.05) is 42.5 Å². The molecule has 0 heterocycles. The molecule has 0 amide bonds. The summed E-state index contributed by atoms with van der Waals surface area (Å²) in [5, 5.41) is 0. The van der Waals surface area contributed by atoms with Crippen LogP contribution in [0.15, 0.2) is 54.6 Å². The summed E-state index contributed by atoms with van der Waals surface area (Å²) in [7, 11) is -3.23. The van der Waals surface area contributed by atoms with Crippen LogP contribution >= 0.6 is 0 Å². The zero-order valence-electron chi connectivity index (χ0n) is 13.9. The molecule has 0 saturated carbocycles. The van der Waals surface area contributed by atoms with Gasteiger partial charge < -0.3 is 4.90 Å². The van der Waals surface area contributed by atoms with Crippen molar-refractivity contribution in [2.75, 3.05) is 15.4 Å². The quantitative estimate of drug-likeness (QED) is 0.837. The Morgan fingerprint density at radius 2 is 1.61 bits per heavy atom.